The third-order valence-electron chi connectivity index (χ3n) is 3.50. The second kappa shape index (κ2) is 7.56. The predicted molar refractivity (Wildman–Crippen MR) is 81.7 cm³/mol. The van der Waals surface area contributed by atoms with Crippen molar-refractivity contribution in [3.05, 3.63) is 59.4 Å². The molecule has 5 heteroatoms. The summed E-state index contributed by atoms with van der Waals surface area (Å²) in [5.41, 5.74) is 2.18. The van der Waals surface area contributed by atoms with Crippen LogP contribution < -0.4 is 0 Å². The normalized spacial score (nSPS) is 11.9. The smallest absolute Gasteiger partial charge is 0.329 e. The number of rotatable bonds is 7. The molecule has 1 atom stereocenters. The van der Waals surface area contributed by atoms with E-state index < -0.39 is 6.04 Å². The molecule has 0 bridgehead atoms. The summed E-state index contributed by atoms with van der Waals surface area (Å²) in [6.45, 7) is 0.316. The molecule has 116 valence electrons. The Hall–Kier alpha value is -2.40. The van der Waals surface area contributed by atoms with Gasteiger partial charge >= 0.3 is 5.97 Å². The fourth-order valence-electron chi connectivity index (χ4n) is 2.50. The van der Waals surface area contributed by atoms with E-state index in [4.69, 9.17) is 9.47 Å². The van der Waals surface area contributed by atoms with Crippen molar-refractivity contribution < 1.29 is 19.1 Å². The average Bonchev–Trinajstić information content (AvgIpc) is 2.96. The Morgan fingerprint density at radius 2 is 1.91 bits per heavy atom. The van der Waals surface area contributed by atoms with Gasteiger partial charge in [0.25, 0.3) is 0 Å². The van der Waals surface area contributed by atoms with E-state index in [2.05, 4.69) is 0 Å². The number of hydrogen-bond donors (Lipinski definition) is 0. The summed E-state index contributed by atoms with van der Waals surface area (Å²) >= 11 is 0. The molecule has 0 aliphatic carbocycles. The molecule has 0 saturated carbocycles. The highest BCUT2D eigenvalue weighted by atomic mass is 16.5. The van der Waals surface area contributed by atoms with Crippen LogP contribution in [0.15, 0.2) is 42.5 Å². The zero-order chi connectivity index (χ0) is 15.9. The number of esters is 1. The lowest BCUT2D eigenvalue weighted by molar-refractivity contribution is -0.144. The number of methoxy groups -OCH3 is 2. The van der Waals surface area contributed by atoms with Crippen LogP contribution in [-0.2, 0) is 27.3 Å². The largest absolute Gasteiger partial charge is 0.467 e. The molecule has 0 aliphatic rings. The quantitative estimate of drug-likeness (QED) is 0.582. The van der Waals surface area contributed by atoms with Gasteiger partial charge < -0.3 is 14.0 Å². The second-order valence-corrected chi connectivity index (χ2v) is 4.90. The number of benzene rings is 1. The lowest BCUT2D eigenvalue weighted by atomic mass is 10.1. The highest BCUT2D eigenvalue weighted by Gasteiger charge is 2.25. The van der Waals surface area contributed by atoms with Gasteiger partial charge in [0.2, 0.25) is 0 Å². The maximum atomic E-state index is 12.2. The molecule has 0 aliphatic heterocycles. The third kappa shape index (κ3) is 3.43. The first-order chi connectivity index (χ1) is 10.7. The first-order valence-corrected chi connectivity index (χ1v) is 6.97. The molecule has 0 saturated heterocycles. The van der Waals surface area contributed by atoms with Gasteiger partial charge in [0.05, 0.1) is 19.4 Å². The van der Waals surface area contributed by atoms with Gasteiger partial charge in [-0.3, -0.25) is 4.79 Å². The molecule has 5 nitrogen and oxygen atoms in total. The van der Waals surface area contributed by atoms with Gasteiger partial charge in [-0.15, -0.1) is 0 Å². The minimum atomic E-state index is -0.604. The zero-order valence-corrected chi connectivity index (χ0v) is 12.7. The summed E-state index contributed by atoms with van der Waals surface area (Å²) in [6.07, 6.45) is 1.18. The molecule has 0 fully saturated rings. The zero-order valence-electron chi connectivity index (χ0n) is 12.7. The molecule has 1 heterocycles. The van der Waals surface area contributed by atoms with E-state index in [-0.39, 0.29) is 5.97 Å². The van der Waals surface area contributed by atoms with Crippen LogP contribution in [0.3, 0.4) is 0 Å². The minimum Gasteiger partial charge on any atom is -0.467 e. The number of nitrogens with zero attached hydrogens (tertiary/aromatic N) is 1. The van der Waals surface area contributed by atoms with Crippen molar-refractivity contribution in [1.82, 2.24) is 4.57 Å². The van der Waals surface area contributed by atoms with Crippen LogP contribution in [0.25, 0.3) is 0 Å². The molecule has 0 amide bonds. The van der Waals surface area contributed by atoms with E-state index >= 15 is 0 Å². The Morgan fingerprint density at radius 1 is 1.18 bits per heavy atom. The highest BCUT2D eigenvalue weighted by molar-refractivity contribution is 5.78. The maximum absolute atomic E-state index is 12.2. The van der Waals surface area contributed by atoms with Gasteiger partial charge in [0.15, 0.2) is 6.29 Å². The monoisotopic (exact) mass is 301 g/mol. The fourth-order valence-corrected chi connectivity index (χ4v) is 2.50. The molecule has 2 aromatic rings. The van der Waals surface area contributed by atoms with E-state index in [1.807, 2.05) is 30.3 Å². The summed E-state index contributed by atoms with van der Waals surface area (Å²) in [5.74, 6) is -0.388. The van der Waals surface area contributed by atoms with Crippen LogP contribution in [0.2, 0.25) is 0 Å². The molecular weight excluding hydrogens is 282 g/mol. The van der Waals surface area contributed by atoms with E-state index in [9.17, 15) is 9.59 Å². The minimum absolute atomic E-state index is 0.316. The van der Waals surface area contributed by atoms with Crippen LogP contribution in [0.5, 0.6) is 0 Å². The first-order valence-electron chi connectivity index (χ1n) is 6.97. The van der Waals surface area contributed by atoms with Crippen LogP contribution in [0.1, 0.15) is 27.8 Å². The summed E-state index contributed by atoms with van der Waals surface area (Å²) in [4.78, 5) is 23.5. The van der Waals surface area contributed by atoms with Crippen molar-refractivity contribution in [2.45, 2.75) is 19.1 Å². The lowest BCUT2D eigenvalue weighted by Crippen LogP contribution is -2.26. The Bertz CT molecular complexity index is 633. The molecule has 22 heavy (non-hydrogen) atoms. The fraction of sp³-hybridized carbons (Fsp3) is 0.294. The number of aromatic nitrogens is 1. The van der Waals surface area contributed by atoms with E-state index in [1.54, 1.807) is 23.8 Å². The van der Waals surface area contributed by atoms with Gasteiger partial charge in [-0.05, 0) is 17.7 Å². The van der Waals surface area contributed by atoms with E-state index in [1.165, 1.54) is 7.11 Å². The molecule has 1 aromatic carbocycles. The van der Waals surface area contributed by atoms with Gasteiger partial charge in [-0.1, -0.05) is 30.3 Å². The molecule has 0 radical (unpaired) electrons. The standard InChI is InChI=1S/C17H19NO4/c1-21-12-15-9-8-14(11-19)18(15)16(17(20)22-2)10-13-6-4-3-5-7-13/h3-9,11,16H,10,12H2,1-2H3/t16-/m1/s1. The Labute approximate surface area is 129 Å². The Morgan fingerprint density at radius 3 is 2.50 bits per heavy atom. The van der Waals surface area contributed by atoms with Crippen LogP contribution in [0, 0.1) is 0 Å². The van der Waals surface area contributed by atoms with Gasteiger partial charge in [0, 0.05) is 19.2 Å². The van der Waals surface area contributed by atoms with Crippen LogP contribution in [-0.4, -0.2) is 31.0 Å². The molecule has 0 unspecified atom stereocenters. The number of carbonyl (C=O) groups excluding carboxylic acids is 2. The predicted octanol–water partition coefficient (Wildman–Crippen LogP) is 2.40. The average molecular weight is 301 g/mol. The van der Waals surface area contributed by atoms with Gasteiger partial charge in [-0.25, -0.2) is 4.79 Å². The van der Waals surface area contributed by atoms with Crippen molar-refractivity contribution in [3.63, 3.8) is 0 Å². The molecule has 0 spiro atoms. The number of aldehydes is 1. The Kier molecular flexibility index (Phi) is 5.49. The lowest BCUT2D eigenvalue weighted by Gasteiger charge is -2.21. The summed E-state index contributed by atoms with van der Waals surface area (Å²) in [5, 5.41) is 0. The molecule has 2 rings (SSSR count). The summed E-state index contributed by atoms with van der Waals surface area (Å²) < 4.78 is 11.8. The van der Waals surface area contributed by atoms with Crippen molar-refractivity contribution in [2.75, 3.05) is 14.2 Å². The first kappa shape index (κ1) is 16.0. The molecule has 0 N–H and O–H groups in total. The third-order valence-corrected chi connectivity index (χ3v) is 3.50. The van der Waals surface area contributed by atoms with Gasteiger partial charge in [-0.2, -0.15) is 0 Å². The number of hydrogen-bond acceptors (Lipinski definition) is 4. The van der Waals surface area contributed by atoms with E-state index in [0.29, 0.717) is 18.7 Å². The van der Waals surface area contributed by atoms with Gasteiger partial charge in [0.1, 0.15) is 6.04 Å². The van der Waals surface area contributed by atoms with Crippen LogP contribution >= 0.6 is 0 Å². The van der Waals surface area contributed by atoms with E-state index in [0.717, 1.165) is 17.5 Å². The summed E-state index contributed by atoms with van der Waals surface area (Å²) in [6, 6.07) is 12.5. The molecular formula is C17H19NO4. The molecule has 1 aromatic heterocycles. The number of ether oxygens (including phenoxy) is 2. The topological polar surface area (TPSA) is 57.5 Å². The maximum Gasteiger partial charge on any atom is 0.329 e. The SMILES string of the molecule is COCc1ccc(C=O)n1[C@H](Cc1ccccc1)C(=O)OC. The second-order valence-electron chi connectivity index (χ2n) is 4.90. The Balaban J connectivity index is 2.43. The van der Waals surface area contributed by atoms with Crippen LogP contribution in [0.4, 0.5) is 0 Å². The number of carbonyl (C=O) groups is 2. The van der Waals surface area contributed by atoms with Crippen molar-refractivity contribution in [1.29, 1.82) is 0 Å². The highest BCUT2D eigenvalue weighted by Crippen LogP contribution is 2.22. The van der Waals surface area contributed by atoms with Crippen molar-refractivity contribution in [3.8, 4) is 0 Å². The van der Waals surface area contributed by atoms with Crippen molar-refractivity contribution >= 4 is 12.3 Å². The van der Waals surface area contributed by atoms with Crippen molar-refractivity contribution in [2.24, 2.45) is 0 Å². The summed E-state index contributed by atoms with van der Waals surface area (Å²) in [7, 11) is 2.92.